The van der Waals surface area contributed by atoms with Crippen LogP contribution in [0.5, 0.6) is 0 Å². The Hall–Kier alpha value is -1.47. The molecule has 0 saturated carbocycles. The average molecular weight is 353 g/mol. The third kappa shape index (κ3) is 2.83. The van der Waals surface area contributed by atoms with Crippen molar-refractivity contribution >= 4 is 38.3 Å². The van der Waals surface area contributed by atoms with Crippen LogP contribution in [0, 0.1) is 0 Å². The number of thiazole rings is 1. The second-order valence-corrected chi connectivity index (χ2v) is 6.27. The first-order valence-electron chi connectivity index (χ1n) is 6.28. The molecule has 0 N–H and O–H groups in total. The number of pyridine rings is 1. The first-order valence-corrected chi connectivity index (χ1v) is 7.95. The number of nitrogens with zero attached hydrogens (tertiary/aromatic N) is 4. The molecular formula is C13H13BrN4OS. The summed E-state index contributed by atoms with van der Waals surface area (Å²) in [7, 11) is 0. The van der Waals surface area contributed by atoms with Crippen LogP contribution >= 0.6 is 27.3 Å². The highest BCUT2D eigenvalue weighted by molar-refractivity contribution is 9.10. The molecule has 1 fully saturated rings. The van der Waals surface area contributed by atoms with Gasteiger partial charge in [0.05, 0.1) is 5.56 Å². The summed E-state index contributed by atoms with van der Waals surface area (Å²) in [6, 6.07) is 1.81. The highest BCUT2D eigenvalue weighted by Gasteiger charge is 2.23. The van der Waals surface area contributed by atoms with Crippen LogP contribution in [0.4, 0.5) is 5.13 Å². The monoisotopic (exact) mass is 352 g/mol. The second-order valence-electron chi connectivity index (χ2n) is 4.49. The topological polar surface area (TPSA) is 49.3 Å². The molecule has 1 amide bonds. The summed E-state index contributed by atoms with van der Waals surface area (Å²) in [4.78, 5) is 24.8. The first kappa shape index (κ1) is 13.5. The maximum Gasteiger partial charge on any atom is 0.255 e. The molecule has 7 heteroatoms. The van der Waals surface area contributed by atoms with Crippen molar-refractivity contribution in [3.63, 3.8) is 0 Å². The predicted molar refractivity (Wildman–Crippen MR) is 82.2 cm³/mol. The van der Waals surface area contributed by atoms with Crippen LogP contribution in [-0.2, 0) is 0 Å². The van der Waals surface area contributed by atoms with Crippen LogP contribution in [0.2, 0.25) is 0 Å². The lowest BCUT2D eigenvalue weighted by Gasteiger charge is -2.34. The first-order chi connectivity index (χ1) is 9.74. The lowest BCUT2D eigenvalue weighted by Crippen LogP contribution is -2.48. The van der Waals surface area contributed by atoms with E-state index in [1.165, 1.54) is 0 Å². The molecule has 0 aliphatic carbocycles. The molecular weight excluding hydrogens is 340 g/mol. The summed E-state index contributed by atoms with van der Waals surface area (Å²) in [5.41, 5.74) is 0.627. The summed E-state index contributed by atoms with van der Waals surface area (Å²) >= 11 is 4.97. The number of piperazine rings is 1. The van der Waals surface area contributed by atoms with Gasteiger partial charge < -0.3 is 9.80 Å². The quantitative estimate of drug-likeness (QED) is 0.831. The van der Waals surface area contributed by atoms with Crippen LogP contribution < -0.4 is 4.90 Å². The van der Waals surface area contributed by atoms with Gasteiger partial charge in [0.25, 0.3) is 5.91 Å². The molecule has 0 spiro atoms. The minimum absolute atomic E-state index is 0.0394. The van der Waals surface area contributed by atoms with Crippen molar-refractivity contribution in [3.8, 4) is 0 Å². The smallest absolute Gasteiger partial charge is 0.255 e. The largest absolute Gasteiger partial charge is 0.345 e. The highest BCUT2D eigenvalue weighted by atomic mass is 79.9. The van der Waals surface area contributed by atoms with Crippen LogP contribution in [0.15, 0.2) is 34.5 Å². The van der Waals surface area contributed by atoms with Gasteiger partial charge in [-0.3, -0.25) is 9.78 Å². The lowest BCUT2D eigenvalue weighted by atomic mass is 10.2. The number of hydrogen-bond donors (Lipinski definition) is 0. The van der Waals surface area contributed by atoms with E-state index in [0.29, 0.717) is 18.7 Å². The number of anilines is 1. The van der Waals surface area contributed by atoms with Gasteiger partial charge in [0, 0.05) is 54.6 Å². The number of carbonyl (C=O) groups excluding carboxylic acids is 1. The van der Waals surface area contributed by atoms with Crippen molar-refractivity contribution in [1.82, 2.24) is 14.9 Å². The van der Waals surface area contributed by atoms with Crippen molar-refractivity contribution in [2.75, 3.05) is 31.1 Å². The van der Waals surface area contributed by atoms with E-state index in [1.807, 2.05) is 22.5 Å². The van der Waals surface area contributed by atoms with Crippen LogP contribution in [0.1, 0.15) is 10.4 Å². The second kappa shape index (κ2) is 5.88. The molecule has 2 aromatic heterocycles. The normalized spacial score (nSPS) is 15.4. The van der Waals surface area contributed by atoms with Crippen molar-refractivity contribution in [3.05, 3.63) is 40.1 Å². The van der Waals surface area contributed by atoms with Crippen molar-refractivity contribution < 1.29 is 4.79 Å². The summed E-state index contributed by atoms with van der Waals surface area (Å²) < 4.78 is 0.824. The molecule has 0 atom stereocenters. The number of aromatic nitrogens is 2. The van der Waals surface area contributed by atoms with E-state index in [4.69, 9.17) is 0 Å². The van der Waals surface area contributed by atoms with Gasteiger partial charge in [0.2, 0.25) is 0 Å². The van der Waals surface area contributed by atoms with E-state index >= 15 is 0 Å². The number of hydrogen-bond acceptors (Lipinski definition) is 5. The Labute approximate surface area is 129 Å². The Kier molecular flexibility index (Phi) is 3.98. The molecule has 5 nitrogen and oxygen atoms in total. The summed E-state index contributed by atoms with van der Waals surface area (Å²) in [5, 5.41) is 3.00. The van der Waals surface area contributed by atoms with Gasteiger partial charge in [0.1, 0.15) is 0 Å². The van der Waals surface area contributed by atoms with Gasteiger partial charge >= 0.3 is 0 Å². The van der Waals surface area contributed by atoms with Crippen molar-refractivity contribution in [2.24, 2.45) is 0 Å². The highest BCUT2D eigenvalue weighted by Crippen LogP contribution is 2.20. The minimum Gasteiger partial charge on any atom is -0.345 e. The Morgan fingerprint density at radius 2 is 2.05 bits per heavy atom. The number of rotatable bonds is 2. The molecule has 104 valence electrons. The lowest BCUT2D eigenvalue weighted by molar-refractivity contribution is 0.0746. The zero-order chi connectivity index (χ0) is 13.9. The molecule has 3 heterocycles. The maximum absolute atomic E-state index is 12.4. The van der Waals surface area contributed by atoms with Crippen LogP contribution in [0.3, 0.4) is 0 Å². The molecule has 3 rings (SSSR count). The van der Waals surface area contributed by atoms with Gasteiger partial charge in [-0.1, -0.05) is 0 Å². The average Bonchev–Trinajstić information content (AvgIpc) is 3.01. The Morgan fingerprint density at radius 3 is 2.70 bits per heavy atom. The van der Waals surface area contributed by atoms with Gasteiger partial charge in [-0.15, -0.1) is 11.3 Å². The zero-order valence-corrected chi connectivity index (χ0v) is 13.1. The molecule has 20 heavy (non-hydrogen) atoms. The third-order valence-corrected chi connectivity index (χ3v) is 4.47. The zero-order valence-electron chi connectivity index (χ0n) is 10.7. The van der Waals surface area contributed by atoms with E-state index in [-0.39, 0.29) is 5.91 Å². The molecule has 0 aromatic carbocycles. The predicted octanol–water partition coefficient (Wildman–Crippen LogP) is 2.26. The number of amides is 1. The fourth-order valence-corrected chi connectivity index (χ4v) is 3.25. The minimum atomic E-state index is 0.0394. The fraction of sp³-hybridized carbons (Fsp3) is 0.308. The van der Waals surface area contributed by atoms with Crippen LogP contribution in [0.25, 0.3) is 0 Å². The van der Waals surface area contributed by atoms with E-state index in [9.17, 15) is 4.79 Å². The Bertz CT molecular complexity index is 596. The summed E-state index contributed by atoms with van der Waals surface area (Å²) in [5.74, 6) is 0.0394. The molecule has 1 aliphatic heterocycles. The maximum atomic E-state index is 12.4. The Morgan fingerprint density at radius 1 is 1.25 bits per heavy atom. The molecule has 0 radical (unpaired) electrons. The van der Waals surface area contributed by atoms with E-state index in [1.54, 1.807) is 23.7 Å². The van der Waals surface area contributed by atoms with Gasteiger partial charge in [-0.2, -0.15) is 0 Å². The molecule has 1 aliphatic rings. The van der Waals surface area contributed by atoms with E-state index < -0.39 is 0 Å². The van der Waals surface area contributed by atoms with E-state index in [2.05, 4.69) is 30.8 Å². The molecule has 0 unspecified atom stereocenters. The van der Waals surface area contributed by atoms with E-state index in [0.717, 1.165) is 22.7 Å². The third-order valence-electron chi connectivity index (χ3n) is 3.21. The number of halogens is 1. The number of carbonyl (C=O) groups is 1. The van der Waals surface area contributed by atoms with Gasteiger partial charge in [0.15, 0.2) is 5.13 Å². The van der Waals surface area contributed by atoms with Gasteiger partial charge in [-0.05, 0) is 22.0 Å². The Balaban J connectivity index is 1.65. The van der Waals surface area contributed by atoms with Crippen molar-refractivity contribution in [1.29, 1.82) is 0 Å². The van der Waals surface area contributed by atoms with Crippen LogP contribution in [-0.4, -0.2) is 47.0 Å². The SMILES string of the molecule is O=C(c1cncc(Br)c1)N1CCN(c2nccs2)CC1. The summed E-state index contributed by atoms with van der Waals surface area (Å²) in [6.07, 6.45) is 5.10. The van der Waals surface area contributed by atoms with Crippen molar-refractivity contribution in [2.45, 2.75) is 0 Å². The molecule has 1 saturated heterocycles. The standard InChI is InChI=1S/C13H13BrN4OS/c14-11-7-10(8-15-9-11)12(19)17-2-4-18(5-3-17)13-16-1-6-20-13/h1,6-9H,2-5H2. The summed E-state index contributed by atoms with van der Waals surface area (Å²) in [6.45, 7) is 3.07. The fourth-order valence-electron chi connectivity index (χ4n) is 2.18. The molecule has 2 aromatic rings. The molecule has 0 bridgehead atoms. The van der Waals surface area contributed by atoms with Gasteiger partial charge in [-0.25, -0.2) is 4.98 Å².